The van der Waals surface area contributed by atoms with Crippen molar-refractivity contribution in [2.75, 3.05) is 18.5 Å². The third-order valence-corrected chi connectivity index (χ3v) is 3.15. The molecule has 0 spiro atoms. The molecule has 102 valence electrons. The van der Waals surface area contributed by atoms with Crippen LogP contribution in [0.15, 0.2) is 48.1 Å². The van der Waals surface area contributed by atoms with Crippen molar-refractivity contribution in [1.82, 2.24) is 4.98 Å². The fourth-order valence-corrected chi connectivity index (χ4v) is 2.11. The first-order valence-corrected chi connectivity index (χ1v) is 6.59. The highest BCUT2D eigenvalue weighted by Gasteiger charge is 2.18. The van der Waals surface area contributed by atoms with Gasteiger partial charge in [-0.25, -0.2) is 4.98 Å². The van der Waals surface area contributed by atoms with Crippen LogP contribution in [0.3, 0.4) is 0 Å². The van der Waals surface area contributed by atoms with Crippen LogP contribution in [0.25, 0.3) is 0 Å². The van der Waals surface area contributed by atoms with Crippen LogP contribution in [0.5, 0.6) is 0 Å². The first-order chi connectivity index (χ1) is 9.15. The van der Waals surface area contributed by atoms with E-state index in [0.717, 1.165) is 18.1 Å². The Kier molecular flexibility index (Phi) is 6.00. The van der Waals surface area contributed by atoms with E-state index < -0.39 is 0 Å². The minimum atomic E-state index is 0.180. The molecule has 3 nitrogen and oxygen atoms in total. The van der Waals surface area contributed by atoms with Crippen molar-refractivity contribution >= 4 is 11.5 Å². The van der Waals surface area contributed by atoms with Crippen LogP contribution in [0.1, 0.15) is 19.4 Å². The standard InChI is InChI=1S/C16H23N3/c1-6-8-11-15(17-5)14(4)19(7-2)16-13(3)10-9-12-18-16/h6,8-12,14H,1,7H2,2-5H3/b11-8-,17-15?. The van der Waals surface area contributed by atoms with Gasteiger partial charge in [0.1, 0.15) is 5.82 Å². The lowest BCUT2D eigenvalue weighted by molar-refractivity contribution is 0.769. The SMILES string of the molecule is C=C/C=C\C(=NC)C(C)N(CC)c1ncccc1C. The molecule has 0 aromatic carbocycles. The molecular weight excluding hydrogens is 234 g/mol. The Morgan fingerprint density at radius 2 is 2.32 bits per heavy atom. The molecule has 0 radical (unpaired) electrons. The zero-order chi connectivity index (χ0) is 14.3. The molecule has 0 N–H and O–H groups in total. The number of hydrogen-bond acceptors (Lipinski definition) is 3. The summed E-state index contributed by atoms with van der Waals surface area (Å²) in [4.78, 5) is 11.1. The van der Waals surface area contributed by atoms with Gasteiger partial charge in [-0.15, -0.1) is 0 Å². The lowest BCUT2D eigenvalue weighted by Crippen LogP contribution is -2.39. The van der Waals surface area contributed by atoms with Crippen LogP contribution in [0.4, 0.5) is 5.82 Å². The second-order valence-electron chi connectivity index (χ2n) is 4.35. The third kappa shape index (κ3) is 3.78. The third-order valence-electron chi connectivity index (χ3n) is 3.15. The van der Waals surface area contributed by atoms with Gasteiger partial charge >= 0.3 is 0 Å². The summed E-state index contributed by atoms with van der Waals surface area (Å²) in [5, 5.41) is 0. The van der Waals surface area contributed by atoms with Crippen molar-refractivity contribution in [1.29, 1.82) is 0 Å². The van der Waals surface area contributed by atoms with E-state index >= 15 is 0 Å². The van der Waals surface area contributed by atoms with E-state index in [1.165, 1.54) is 5.56 Å². The summed E-state index contributed by atoms with van der Waals surface area (Å²) in [5.41, 5.74) is 2.20. The zero-order valence-corrected chi connectivity index (χ0v) is 12.3. The van der Waals surface area contributed by atoms with Gasteiger partial charge in [-0.1, -0.05) is 24.8 Å². The summed E-state index contributed by atoms with van der Waals surface area (Å²) in [5.74, 6) is 1.02. The first-order valence-electron chi connectivity index (χ1n) is 6.59. The van der Waals surface area contributed by atoms with E-state index in [1.54, 1.807) is 6.08 Å². The van der Waals surface area contributed by atoms with Crippen LogP contribution < -0.4 is 4.90 Å². The number of allylic oxidation sites excluding steroid dienone is 2. The topological polar surface area (TPSA) is 28.5 Å². The van der Waals surface area contributed by atoms with Gasteiger partial charge in [0.25, 0.3) is 0 Å². The fourth-order valence-electron chi connectivity index (χ4n) is 2.11. The summed E-state index contributed by atoms with van der Waals surface area (Å²) in [6.07, 6.45) is 7.51. The van der Waals surface area contributed by atoms with Crippen molar-refractivity contribution in [3.8, 4) is 0 Å². The maximum atomic E-state index is 4.49. The van der Waals surface area contributed by atoms with Crippen LogP contribution in [-0.2, 0) is 0 Å². The number of nitrogens with zero attached hydrogens (tertiary/aromatic N) is 3. The lowest BCUT2D eigenvalue weighted by Gasteiger charge is -2.30. The van der Waals surface area contributed by atoms with E-state index in [0.29, 0.717) is 0 Å². The number of hydrogen-bond donors (Lipinski definition) is 0. The van der Waals surface area contributed by atoms with Gasteiger partial charge in [-0.3, -0.25) is 4.99 Å². The Hall–Kier alpha value is -1.90. The molecule has 0 aliphatic carbocycles. The van der Waals surface area contributed by atoms with Crippen LogP contribution in [0, 0.1) is 6.92 Å². The van der Waals surface area contributed by atoms with Crippen molar-refractivity contribution in [2.45, 2.75) is 26.8 Å². The van der Waals surface area contributed by atoms with E-state index in [4.69, 9.17) is 0 Å². The lowest BCUT2D eigenvalue weighted by atomic mass is 10.1. The van der Waals surface area contributed by atoms with Crippen LogP contribution in [0.2, 0.25) is 0 Å². The highest BCUT2D eigenvalue weighted by Crippen LogP contribution is 2.19. The molecule has 1 aromatic heterocycles. The molecule has 1 rings (SSSR count). The van der Waals surface area contributed by atoms with Gasteiger partial charge in [-0.05, 0) is 38.5 Å². The zero-order valence-electron chi connectivity index (χ0n) is 12.3. The molecule has 1 atom stereocenters. The predicted molar refractivity (Wildman–Crippen MR) is 84.2 cm³/mol. The first kappa shape index (κ1) is 15.2. The van der Waals surface area contributed by atoms with Gasteiger partial charge in [-0.2, -0.15) is 0 Å². The smallest absolute Gasteiger partial charge is 0.131 e. The summed E-state index contributed by atoms with van der Waals surface area (Å²) >= 11 is 0. The molecule has 0 aliphatic rings. The second-order valence-corrected chi connectivity index (χ2v) is 4.35. The van der Waals surface area contributed by atoms with E-state index in [-0.39, 0.29) is 6.04 Å². The number of aryl methyl sites for hydroxylation is 1. The number of rotatable bonds is 6. The minimum Gasteiger partial charge on any atom is -0.348 e. The molecule has 0 aliphatic heterocycles. The summed E-state index contributed by atoms with van der Waals surface area (Å²) in [6, 6.07) is 4.23. The van der Waals surface area contributed by atoms with Crippen molar-refractivity contribution < 1.29 is 0 Å². The molecule has 1 aromatic rings. The average molecular weight is 257 g/mol. The Morgan fingerprint density at radius 3 is 2.84 bits per heavy atom. The highest BCUT2D eigenvalue weighted by molar-refractivity contribution is 6.01. The molecule has 0 saturated carbocycles. The van der Waals surface area contributed by atoms with Crippen molar-refractivity contribution in [3.05, 3.63) is 48.7 Å². The van der Waals surface area contributed by atoms with E-state index in [9.17, 15) is 0 Å². The number of aromatic nitrogens is 1. The highest BCUT2D eigenvalue weighted by atomic mass is 15.2. The van der Waals surface area contributed by atoms with Crippen molar-refractivity contribution in [3.63, 3.8) is 0 Å². The minimum absolute atomic E-state index is 0.180. The van der Waals surface area contributed by atoms with Crippen molar-refractivity contribution in [2.24, 2.45) is 4.99 Å². The molecule has 3 heteroatoms. The monoisotopic (exact) mass is 257 g/mol. The number of pyridine rings is 1. The normalized spacial score (nSPS) is 13.6. The van der Waals surface area contributed by atoms with E-state index in [2.05, 4.69) is 48.3 Å². The van der Waals surface area contributed by atoms with Crippen LogP contribution in [-0.4, -0.2) is 30.3 Å². The largest absolute Gasteiger partial charge is 0.348 e. The number of anilines is 1. The van der Waals surface area contributed by atoms with Gasteiger partial charge < -0.3 is 4.90 Å². The fraction of sp³-hybridized carbons (Fsp3) is 0.375. The second kappa shape index (κ2) is 7.52. The molecule has 19 heavy (non-hydrogen) atoms. The molecule has 0 amide bonds. The van der Waals surface area contributed by atoms with Gasteiger partial charge in [0.2, 0.25) is 0 Å². The Morgan fingerprint density at radius 1 is 1.58 bits per heavy atom. The summed E-state index contributed by atoms with van der Waals surface area (Å²) < 4.78 is 0. The molecule has 1 unspecified atom stereocenters. The quantitative estimate of drug-likeness (QED) is 0.577. The summed E-state index contributed by atoms with van der Waals surface area (Å²) in [7, 11) is 1.82. The Balaban J connectivity index is 3.06. The molecule has 0 fully saturated rings. The molecule has 0 saturated heterocycles. The maximum Gasteiger partial charge on any atom is 0.131 e. The Labute approximate surface area is 116 Å². The average Bonchev–Trinajstić information content (AvgIpc) is 2.42. The van der Waals surface area contributed by atoms with Gasteiger partial charge in [0, 0.05) is 19.8 Å². The predicted octanol–water partition coefficient (Wildman–Crippen LogP) is 3.42. The molecular formula is C16H23N3. The van der Waals surface area contributed by atoms with Gasteiger partial charge in [0.15, 0.2) is 0 Å². The molecule has 0 bridgehead atoms. The van der Waals surface area contributed by atoms with E-state index in [1.807, 2.05) is 31.5 Å². The Bertz CT molecular complexity index is 475. The number of aliphatic imine (C=N–C) groups is 1. The van der Waals surface area contributed by atoms with Crippen LogP contribution >= 0.6 is 0 Å². The maximum absolute atomic E-state index is 4.49. The molecule has 1 heterocycles. The summed E-state index contributed by atoms with van der Waals surface area (Å²) in [6.45, 7) is 10.9. The van der Waals surface area contributed by atoms with Gasteiger partial charge in [0.05, 0.1) is 11.8 Å².